The lowest BCUT2D eigenvalue weighted by atomic mass is 9.70. The van der Waals surface area contributed by atoms with Gasteiger partial charge in [0.1, 0.15) is 6.61 Å². The van der Waals surface area contributed by atoms with Gasteiger partial charge in [-0.15, -0.1) is 0 Å². The molecule has 2 aliphatic rings. The van der Waals surface area contributed by atoms with E-state index in [4.69, 9.17) is 4.74 Å². The number of amides is 2. The van der Waals surface area contributed by atoms with Crippen molar-refractivity contribution in [3.05, 3.63) is 11.8 Å². The number of nitrogens with one attached hydrogen (secondary N) is 2. The van der Waals surface area contributed by atoms with Gasteiger partial charge in [-0.2, -0.15) is 0 Å². The predicted octanol–water partition coefficient (Wildman–Crippen LogP) is 0.713. The first-order chi connectivity index (χ1) is 8.66. The van der Waals surface area contributed by atoms with Gasteiger partial charge in [-0.3, -0.25) is 9.59 Å². The molecule has 0 aromatic rings. The van der Waals surface area contributed by atoms with Crippen molar-refractivity contribution in [3.63, 3.8) is 0 Å². The van der Waals surface area contributed by atoms with E-state index in [1.54, 1.807) is 0 Å². The Bertz CT molecular complexity index is 378. The number of methoxy groups -OCH3 is 1. The van der Waals surface area contributed by atoms with Crippen LogP contribution in [-0.4, -0.2) is 32.1 Å². The van der Waals surface area contributed by atoms with E-state index in [-0.39, 0.29) is 23.8 Å². The molecule has 18 heavy (non-hydrogen) atoms. The molecule has 2 amide bonds. The zero-order chi connectivity index (χ0) is 13.0. The standard InChI is InChI=1S/C13H20N2O3/c1-18-8-12(17)14-9-13-6-3-2-4-10(13)15-11(16)5-7-13/h4H,2-3,5-9H2,1H3,(H,14,17)(H,15,16). The van der Waals surface area contributed by atoms with Crippen molar-refractivity contribution in [1.82, 2.24) is 10.6 Å². The average molecular weight is 252 g/mol. The molecule has 0 spiro atoms. The normalized spacial score (nSPS) is 26.9. The summed E-state index contributed by atoms with van der Waals surface area (Å²) in [4.78, 5) is 22.9. The number of carbonyl (C=O) groups is 2. The maximum absolute atomic E-state index is 11.5. The number of hydrogen-bond donors (Lipinski definition) is 2. The van der Waals surface area contributed by atoms with Crippen molar-refractivity contribution in [2.75, 3.05) is 20.3 Å². The van der Waals surface area contributed by atoms with Crippen LogP contribution in [0.1, 0.15) is 32.1 Å². The molecular weight excluding hydrogens is 232 g/mol. The lowest BCUT2D eigenvalue weighted by Gasteiger charge is -2.42. The molecule has 1 heterocycles. The lowest BCUT2D eigenvalue weighted by molar-refractivity contribution is -0.125. The van der Waals surface area contributed by atoms with E-state index < -0.39 is 0 Å². The SMILES string of the molecule is COCC(=O)NCC12CCCC=C1NC(=O)CC2. The molecule has 1 aliphatic carbocycles. The van der Waals surface area contributed by atoms with Crippen LogP contribution < -0.4 is 10.6 Å². The van der Waals surface area contributed by atoms with Crippen molar-refractivity contribution in [3.8, 4) is 0 Å². The third-order valence-corrected chi connectivity index (χ3v) is 3.78. The summed E-state index contributed by atoms with van der Waals surface area (Å²) >= 11 is 0. The molecule has 1 saturated heterocycles. The molecule has 2 rings (SSSR count). The first-order valence-corrected chi connectivity index (χ1v) is 6.42. The Morgan fingerprint density at radius 2 is 2.39 bits per heavy atom. The van der Waals surface area contributed by atoms with Gasteiger partial charge in [0, 0.05) is 31.2 Å². The molecule has 2 N–H and O–H groups in total. The number of allylic oxidation sites excluding steroid dienone is 1. The molecule has 1 fully saturated rings. The number of fused-ring (bicyclic) bond motifs is 1. The smallest absolute Gasteiger partial charge is 0.246 e. The number of piperidine rings is 1. The van der Waals surface area contributed by atoms with Crippen molar-refractivity contribution in [2.45, 2.75) is 32.1 Å². The Kier molecular flexibility index (Phi) is 4.01. The van der Waals surface area contributed by atoms with Gasteiger partial charge in [-0.1, -0.05) is 6.08 Å². The Morgan fingerprint density at radius 1 is 1.56 bits per heavy atom. The Morgan fingerprint density at radius 3 is 3.17 bits per heavy atom. The predicted molar refractivity (Wildman–Crippen MR) is 66.6 cm³/mol. The Labute approximate surface area is 107 Å². The second-order valence-electron chi connectivity index (χ2n) is 5.05. The summed E-state index contributed by atoms with van der Waals surface area (Å²) in [6, 6.07) is 0. The zero-order valence-electron chi connectivity index (χ0n) is 10.8. The van der Waals surface area contributed by atoms with Gasteiger partial charge in [0.15, 0.2) is 0 Å². The van der Waals surface area contributed by atoms with Crippen LogP contribution in [0.3, 0.4) is 0 Å². The zero-order valence-corrected chi connectivity index (χ0v) is 10.8. The molecule has 1 aliphatic heterocycles. The molecule has 0 saturated carbocycles. The highest BCUT2D eigenvalue weighted by Gasteiger charge is 2.40. The van der Waals surface area contributed by atoms with E-state index in [1.807, 2.05) is 0 Å². The maximum Gasteiger partial charge on any atom is 0.246 e. The summed E-state index contributed by atoms with van der Waals surface area (Å²) in [5, 5.41) is 5.86. The highest BCUT2D eigenvalue weighted by Crippen LogP contribution is 2.42. The minimum absolute atomic E-state index is 0.0738. The number of rotatable bonds is 4. The monoisotopic (exact) mass is 252 g/mol. The van der Waals surface area contributed by atoms with Crippen LogP contribution in [0.5, 0.6) is 0 Å². The molecule has 0 aromatic heterocycles. The van der Waals surface area contributed by atoms with E-state index in [0.717, 1.165) is 31.4 Å². The fourth-order valence-electron chi connectivity index (χ4n) is 2.77. The van der Waals surface area contributed by atoms with E-state index in [9.17, 15) is 9.59 Å². The van der Waals surface area contributed by atoms with Gasteiger partial charge < -0.3 is 15.4 Å². The summed E-state index contributed by atoms with van der Waals surface area (Å²) in [6.45, 7) is 0.669. The van der Waals surface area contributed by atoms with Crippen molar-refractivity contribution < 1.29 is 14.3 Å². The largest absolute Gasteiger partial charge is 0.375 e. The van der Waals surface area contributed by atoms with Crippen LogP contribution in [0.4, 0.5) is 0 Å². The number of hydrogen-bond acceptors (Lipinski definition) is 3. The second-order valence-corrected chi connectivity index (χ2v) is 5.05. The van der Waals surface area contributed by atoms with E-state index >= 15 is 0 Å². The van der Waals surface area contributed by atoms with E-state index in [2.05, 4.69) is 16.7 Å². The van der Waals surface area contributed by atoms with Gasteiger partial charge in [0.05, 0.1) is 0 Å². The summed E-state index contributed by atoms with van der Waals surface area (Å²) in [7, 11) is 1.50. The third-order valence-electron chi connectivity index (χ3n) is 3.78. The van der Waals surface area contributed by atoms with Crippen LogP contribution in [0.2, 0.25) is 0 Å². The first-order valence-electron chi connectivity index (χ1n) is 6.42. The summed E-state index contributed by atoms with van der Waals surface area (Å²) in [5.41, 5.74) is 0.929. The van der Waals surface area contributed by atoms with E-state index in [0.29, 0.717) is 13.0 Å². The Balaban J connectivity index is 2.02. The number of ether oxygens (including phenoxy) is 1. The van der Waals surface area contributed by atoms with Gasteiger partial charge in [-0.05, 0) is 25.7 Å². The summed E-state index contributed by atoms with van der Waals surface area (Å²) in [5.74, 6) is -0.0179. The van der Waals surface area contributed by atoms with Crippen LogP contribution in [0.15, 0.2) is 11.8 Å². The topological polar surface area (TPSA) is 67.4 Å². The molecule has 1 unspecified atom stereocenters. The molecule has 5 heteroatoms. The highest BCUT2D eigenvalue weighted by molar-refractivity contribution is 5.80. The summed E-state index contributed by atoms with van der Waals surface area (Å²) in [6.07, 6.45) is 6.59. The van der Waals surface area contributed by atoms with Crippen LogP contribution in [0.25, 0.3) is 0 Å². The third kappa shape index (κ3) is 2.72. The van der Waals surface area contributed by atoms with E-state index in [1.165, 1.54) is 7.11 Å². The van der Waals surface area contributed by atoms with Crippen LogP contribution >= 0.6 is 0 Å². The first kappa shape index (κ1) is 13.1. The average Bonchev–Trinajstić information content (AvgIpc) is 2.37. The van der Waals surface area contributed by atoms with Gasteiger partial charge in [-0.25, -0.2) is 0 Å². The highest BCUT2D eigenvalue weighted by atomic mass is 16.5. The Hall–Kier alpha value is -1.36. The molecule has 0 bridgehead atoms. The minimum Gasteiger partial charge on any atom is -0.375 e. The molecule has 0 aromatic carbocycles. The van der Waals surface area contributed by atoms with Crippen molar-refractivity contribution >= 4 is 11.8 Å². The van der Waals surface area contributed by atoms with Gasteiger partial charge in [0.2, 0.25) is 11.8 Å². The fourth-order valence-corrected chi connectivity index (χ4v) is 2.77. The molecular formula is C13H20N2O3. The van der Waals surface area contributed by atoms with Crippen LogP contribution in [-0.2, 0) is 14.3 Å². The quantitative estimate of drug-likeness (QED) is 0.774. The molecule has 1 atom stereocenters. The van der Waals surface area contributed by atoms with Crippen molar-refractivity contribution in [1.29, 1.82) is 0 Å². The molecule has 5 nitrogen and oxygen atoms in total. The van der Waals surface area contributed by atoms with Gasteiger partial charge in [0.25, 0.3) is 0 Å². The summed E-state index contributed by atoms with van der Waals surface area (Å²) < 4.78 is 4.80. The number of carbonyl (C=O) groups excluding carboxylic acids is 2. The fraction of sp³-hybridized carbons (Fsp3) is 0.692. The van der Waals surface area contributed by atoms with Gasteiger partial charge >= 0.3 is 0 Å². The molecule has 0 radical (unpaired) electrons. The van der Waals surface area contributed by atoms with Crippen LogP contribution in [0, 0.1) is 5.41 Å². The maximum atomic E-state index is 11.5. The second kappa shape index (κ2) is 5.52. The van der Waals surface area contributed by atoms with Crippen molar-refractivity contribution in [2.24, 2.45) is 5.41 Å². The lowest BCUT2D eigenvalue weighted by Crippen LogP contribution is -2.49. The minimum atomic E-state index is -0.103. The molecule has 100 valence electrons.